The molecule has 1 heterocycles. The molecule has 0 bridgehead atoms. The molecule has 0 saturated carbocycles. The van der Waals surface area contributed by atoms with Crippen molar-refractivity contribution in [2.45, 2.75) is 0 Å². The molecule has 5 nitrogen and oxygen atoms in total. The van der Waals surface area contributed by atoms with E-state index in [1.54, 1.807) is 19.2 Å². The summed E-state index contributed by atoms with van der Waals surface area (Å²) in [5.41, 5.74) is 3.14. The smallest absolute Gasteiger partial charge is 0.307 e. The SMILES string of the molecule is COc1ccccc1C=NNC(=O)c1ccco1. The molecule has 0 aliphatic heterocycles. The molecule has 0 fully saturated rings. The Morgan fingerprint density at radius 3 is 2.89 bits per heavy atom. The van der Waals surface area contributed by atoms with Crippen LogP contribution in [0.2, 0.25) is 0 Å². The first-order valence-electron chi connectivity index (χ1n) is 5.31. The Kier molecular flexibility index (Phi) is 3.76. The number of hydrogen-bond donors (Lipinski definition) is 1. The van der Waals surface area contributed by atoms with Crippen molar-refractivity contribution in [3.63, 3.8) is 0 Å². The topological polar surface area (TPSA) is 63.8 Å². The Bertz CT molecular complexity index is 547. The number of rotatable bonds is 4. The highest BCUT2D eigenvalue weighted by Gasteiger charge is 2.06. The van der Waals surface area contributed by atoms with Crippen LogP contribution in [-0.4, -0.2) is 19.2 Å². The summed E-state index contributed by atoms with van der Waals surface area (Å²) in [6.45, 7) is 0. The second-order valence-corrected chi connectivity index (χ2v) is 3.42. The third kappa shape index (κ3) is 2.76. The minimum Gasteiger partial charge on any atom is -0.496 e. The summed E-state index contributed by atoms with van der Waals surface area (Å²) in [5, 5.41) is 3.84. The van der Waals surface area contributed by atoms with Gasteiger partial charge in [0.05, 0.1) is 19.6 Å². The Morgan fingerprint density at radius 1 is 1.33 bits per heavy atom. The molecule has 1 aromatic heterocycles. The molecule has 2 aromatic rings. The molecule has 0 aliphatic rings. The quantitative estimate of drug-likeness (QED) is 0.661. The van der Waals surface area contributed by atoms with Crippen molar-refractivity contribution in [3.05, 3.63) is 54.0 Å². The number of furan rings is 1. The number of nitrogens with zero attached hydrogens (tertiary/aromatic N) is 1. The lowest BCUT2D eigenvalue weighted by molar-refractivity contribution is 0.0927. The fraction of sp³-hybridized carbons (Fsp3) is 0.0769. The van der Waals surface area contributed by atoms with Crippen molar-refractivity contribution in [1.29, 1.82) is 0 Å². The van der Waals surface area contributed by atoms with Crippen LogP contribution in [0.25, 0.3) is 0 Å². The molecular weight excluding hydrogens is 232 g/mol. The Balaban J connectivity index is 2.01. The van der Waals surface area contributed by atoms with Gasteiger partial charge in [0.25, 0.3) is 0 Å². The molecule has 0 radical (unpaired) electrons. The Labute approximate surface area is 104 Å². The van der Waals surface area contributed by atoms with Crippen LogP contribution in [0.3, 0.4) is 0 Å². The van der Waals surface area contributed by atoms with E-state index in [0.717, 1.165) is 5.56 Å². The summed E-state index contributed by atoms with van der Waals surface area (Å²) in [5.74, 6) is 0.506. The van der Waals surface area contributed by atoms with Crippen LogP contribution in [0, 0.1) is 0 Å². The van der Waals surface area contributed by atoms with Crippen molar-refractivity contribution < 1.29 is 13.9 Å². The molecule has 0 spiro atoms. The molecule has 2 rings (SSSR count). The van der Waals surface area contributed by atoms with Crippen LogP contribution in [0.5, 0.6) is 5.75 Å². The number of amides is 1. The zero-order valence-corrected chi connectivity index (χ0v) is 9.79. The van der Waals surface area contributed by atoms with E-state index in [-0.39, 0.29) is 5.76 Å². The number of ether oxygens (including phenoxy) is 1. The van der Waals surface area contributed by atoms with Crippen molar-refractivity contribution in [1.82, 2.24) is 5.43 Å². The van der Waals surface area contributed by atoms with Gasteiger partial charge in [-0.2, -0.15) is 5.10 Å². The highest BCUT2D eigenvalue weighted by Crippen LogP contribution is 2.14. The van der Waals surface area contributed by atoms with Crippen LogP contribution in [0.4, 0.5) is 0 Å². The summed E-state index contributed by atoms with van der Waals surface area (Å²) in [6.07, 6.45) is 2.94. The Hall–Kier alpha value is -2.56. The van der Waals surface area contributed by atoms with Gasteiger partial charge in [0.1, 0.15) is 5.75 Å². The second-order valence-electron chi connectivity index (χ2n) is 3.42. The van der Waals surface area contributed by atoms with Crippen LogP contribution in [0.1, 0.15) is 16.1 Å². The normalized spacial score (nSPS) is 10.5. The van der Waals surface area contributed by atoms with E-state index in [9.17, 15) is 4.79 Å². The number of nitrogens with one attached hydrogen (secondary N) is 1. The average Bonchev–Trinajstić information content (AvgIpc) is 2.93. The maximum atomic E-state index is 11.5. The average molecular weight is 244 g/mol. The van der Waals surface area contributed by atoms with Gasteiger partial charge in [-0.25, -0.2) is 5.43 Å². The first-order valence-corrected chi connectivity index (χ1v) is 5.31. The lowest BCUT2D eigenvalue weighted by Gasteiger charge is -2.02. The second kappa shape index (κ2) is 5.67. The molecule has 5 heteroatoms. The van der Waals surface area contributed by atoms with Crippen LogP contribution in [0.15, 0.2) is 52.2 Å². The molecular formula is C13H12N2O3. The fourth-order valence-corrected chi connectivity index (χ4v) is 1.40. The summed E-state index contributed by atoms with van der Waals surface area (Å²) >= 11 is 0. The minimum absolute atomic E-state index is 0.215. The first kappa shape index (κ1) is 11.9. The van der Waals surface area contributed by atoms with E-state index < -0.39 is 5.91 Å². The molecule has 0 unspecified atom stereocenters. The molecule has 18 heavy (non-hydrogen) atoms. The fourth-order valence-electron chi connectivity index (χ4n) is 1.40. The predicted molar refractivity (Wildman–Crippen MR) is 66.8 cm³/mol. The Morgan fingerprint density at radius 2 is 2.17 bits per heavy atom. The monoisotopic (exact) mass is 244 g/mol. The van der Waals surface area contributed by atoms with Crippen molar-refractivity contribution >= 4 is 12.1 Å². The minimum atomic E-state index is -0.397. The number of carbonyl (C=O) groups excluding carboxylic acids is 1. The van der Waals surface area contributed by atoms with Gasteiger partial charge in [0.15, 0.2) is 5.76 Å². The zero-order chi connectivity index (χ0) is 12.8. The molecule has 0 saturated heterocycles. The van der Waals surface area contributed by atoms with Crippen molar-refractivity contribution in [2.75, 3.05) is 7.11 Å². The molecule has 0 atom stereocenters. The molecule has 1 amide bonds. The number of carbonyl (C=O) groups is 1. The highest BCUT2D eigenvalue weighted by molar-refractivity contribution is 5.92. The van der Waals surface area contributed by atoms with Gasteiger partial charge >= 0.3 is 5.91 Å². The molecule has 0 aliphatic carbocycles. The molecule has 92 valence electrons. The van der Waals surface area contributed by atoms with Crippen molar-refractivity contribution in [2.24, 2.45) is 5.10 Å². The van der Waals surface area contributed by atoms with Gasteiger partial charge in [-0.3, -0.25) is 4.79 Å². The van der Waals surface area contributed by atoms with Crippen LogP contribution >= 0.6 is 0 Å². The van der Waals surface area contributed by atoms with Crippen molar-refractivity contribution in [3.8, 4) is 5.75 Å². The van der Waals surface area contributed by atoms with E-state index in [0.29, 0.717) is 5.75 Å². The van der Waals surface area contributed by atoms with E-state index in [2.05, 4.69) is 10.5 Å². The number of hydrazone groups is 1. The maximum Gasteiger partial charge on any atom is 0.307 e. The first-order chi connectivity index (χ1) is 8.81. The zero-order valence-electron chi connectivity index (χ0n) is 9.79. The van der Waals surface area contributed by atoms with Gasteiger partial charge in [-0.05, 0) is 24.3 Å². The molecule has 1 aromatic carbocycles. The maximum absolute atomic E-state index is 11.5. The largest absolute Gasteiger partial charge is 0.496 e. The summed E-state index contributed by atoms with van der Waals surface area (Å²) in [6, 6.07) is 10.6. The predicted octanol–water partition coefficient (Wildman–Crippen LogP) is 2.05. The standard InChI is InChI=1S/C13H12N2O3/c1-17-11-6-3-2-5-10(11)9-14-15-13(16)12-7-4-8-18-12/h2-9H,1H3,(H,15,16). The number of methoxy groups -OCH3 is 1. The summed E-state index contributed by atoms with van der Waals surface area (Å²) < 4.78 is 10.1. The van der Waals surface area contributed by atoms with Gasteiger partial charge in [0.2, 0.25) is 0 Å². The van der Waals surface area contributed by atoms with Gasteiger partial charge in [0, 0.05) is 5.56 Å². The van der Waals surface area contributed by atoms with E-state index in [4.69, 9.17) is 9.15 Å². The van der Waals surface area contributed by atoms with Crippen LogP contribution in [-0.2, 0) is 0 Å². The van der Waals surface area contributed by atoms with E-state index in [1.165, 1.54) is 12.5 Å². The summed E-state index contributed by atoms with van der Waals surface area (Å²) in [4.78, 5) is 11.5. The van der Waals surface area contributed by atoms with Gasteiger partial charge in [-0.1, -0.05) is 12.1 Å². The lowest BCUT2D eigenvalue weighted by atomic mass is 10.2. The van der Waals surface area contributed by atoms with Gasteiger partial charge in [-0.15, -0.1) is 0 Å². The van der Waals surface area contributed by atoms with E-state index >= 15 is 0 Å². The molecule has 1 N–H and O–H groups in total. The van der Waals surface area contributed by atoms with Crippen LogP contribution < -0.4 is 10.2 Å². The lowest BCUT2D eigenvalue weighted by Crippen LogP contribution is -2.16. The number of hydrogen-bond acceptors (Lipinski definition) is 4. The third-order valence-corrected chi connectivity index (χ3v) is 2.25. The summed E-state index contributed by atoms with van der Waals surface area (Å²) in [7, 11) is 1.58. The number of para-hydroxylation sites is 1. The van der Waals surface area contributed by atoms with E-state index in [1.807, 2.05) is 24.3 Å². The van der Waals surface area contributed by atoms with Gasteiger partial charge < -0.3 is 9.15 Å². The number of benzene rings is 1. The third-order valence-electron chi connectivity index (χ3n) is 2.25. The highest BCUT2D eigenvalue weighted by atomic mass is 16.5.